The quantitative estimate of drug-likeness (QED) is 0.737. The normalized spacial score (nSPS) is 10.6. The Morgan fingerprint density at radius 3 is 2.54 bits per heavy atom. The predicted octanol–water partition coefficient (Wildman–Crippen LogP) is 2.85. The van der Waals surface area contributed by atoms with Gasteiger partial charge in [-0.05, 0) is 38.5 Å². The van der Waals surface area contributed by atoms with Crippen LogP contribution in [0, 0.1) is 20.8 Å². The van der Waals surface area contributed by atoms with Gasteiger partial charge in [-0.3, -0.25) is 14.8 Å². The molecular weight excluding hydrogens is 352 g/mol. The van der Waals surface area contributed by atoms with Gasteiger partial charge in [0, 0.05) is 37.1 Å². The molecule has 0 aliphatic heterocycles. The number of aromatic nitrogens is 4. The first-order chi connectivity index (χ1) is 13.3. The lowest BCUT2D eigenvalue weighted by Crippen LogP contribution is -2.23. The second kappa shape index (κ2) is 8.12. The molecular formula is C21H24N6O. The summed E-state index contributed by atoms with van der Waals surface area (Å²) in [5, 5.41) is 2.89. The van der Waals surface area contributed by atoms with Gasteiger partial charge in [0.25, 0.3) is 5.91 Å². The number of anilines is 1. The van der Waals surface area contributed by atoms with E-state index in [1.54, 1.807) is 18.5 Å². The highest BCUT2D eigenvalue weighted by molar-refractivity contribution is 5.95. The number of carbonyl (C=O) groups is 1. The van der Waals surface area contributed by atoms with Crippen LogP contribution in [0.2, 0.25) is 0 Å². The standard InChI is InChI=1S/C21H24N6O/c1-13-10-23-18(11-22-13)12-24-20(28)17-8-6-7-16(9-17)19-14(2)15(3)25-21(26-19)27(4)5/h6-11H,12H2,1-5H3,(H,24,28). The number of hydrogen-bond donors (Lipinski definition) is 1. The molecule has 2 aromatic heterocycles. The molecule has 3 rings (SSSR count). The van der Waals surface area contributed by atoms with E-state index in [1.165, 1.54) is 0 Å². The first-order valence-corrected chi connectivity index (χ1v) is 9.04. The Morgan fingerprint density at radius 2 is 1.86 bits per heavy atom. The van der Waals surface area contributed by atoms with Crippen molar-refractivity contribution in [3.63, 3.8) is 0 Å². The lowest BCUT2D eigenvalue weighted by Gasteiger charge is -2.15. The molecule has 0 spiro atoms. The zero-order valence-corrected chi connectivity index (χ0v) is 16.8. The second-order valence-electron chi connectivity index (χ2n) is 6.89. The fourth-order valence-corrected chi connectivity index (χ4v) is 2.69. The lowest BCUT2D eigenvalue weighted by atomic mass is 10.0. The summed E-state index contributed by atoms with van der Waals surface area (Å²) in [6.07, 6.45) is 3.35. The van der Waals surface area contributed by atoms with Crippen molar-refractivity contribution in [2.75, 3.05) is 19.0 Å². The summed E-state index contributed by atoms with van der Waals surface area (Å²) in [6, 6.07) is 7.46. The Bertz CT molecular complexity index is 998. The van der Waals surface area contributed by atoms with Gasteiger partial charge in [0.05, 0.1) is 29.8 Å². The molecule has 0 fully saturated rings. The van der Waals surface area contributed by atoms with Crippen LogP contribution in [0.25, 0.3) is 11.3 Å². The Labute approximate surface area is 164 Å². The van der Waals surface area contributed by atoms with Crippen LogP contribution in [-0.4, -0.2) is 39.9 Å². The van der Waals surface area contributed by atoms with Gasteiger partial charge in [-0.15, -0.1) is 0 Å². The van der Waals surface area contributed by atoms with Crippen LogP contribution in [0.15, 0.2) is 36.7 Å². The molecule has 0 aliphatic carbocycles. The maximum absolute atomic E-state index is 12.6. The van der Waals surface area contributed by atoms with Gasteiger partial charge in [-0.1, -0.05) is 12.1 Å². The average molecular weight is 376 g/mol. The fraction of sp³-hybridized carbons (Fsp3) is 0.286. The monoisotopic (exact) mass is 376 g/mol. The molecule has 0 unspecified atom stereocenters. The van der Waals surface area contributed by atoms with Crippen molar-refractivity contribution in [1.82, 2.24) is 25.3 Å². The number of rotatable bonds is 5. The van der Waals surface area contributed by atoms with Crippen LogP contribution >= 0.6 is 0 Å². The van der Waals surface area contributed by atoms with Crippen LogP contribution in [0.3, 0.4) is 0 Å². The molecule has 144 valence electrons. The SMILES string of the molecule is Cc1cnc(CNC(=O)c2cccc(-c3nc(N(C)C)nc(C)c3C)c2)cn1. The molecule has 0 aliphatic rings. The van der Waals surface area contributed by atoms with Gasteiger partial charge in [0.15, 0.2) is 0 Å². The summed E-state index contributed by atoms with van der Waals surface area (Å²) in [7, 11) is 3.82. The summed E-state index contributed by atoms with van der Waals surface area (Å²) >= 11 is 0. The number of benzene rings is 1. The molecule has 0 bridgehead atoms. The zero-order chi connectivity index (χ0) is 20.3. The minimum atomic E-state index is -0.166. The van der Waals surface area contributed by atoms with E-state index in [0.717, 1.165) is 28.2 Å². The highest BCUT2D eigenvalue weighted by Gasteiger charge is 2.13. The molecule has 7 heteroatoms. The predicted molar refractivity (Wildman–Crippen MR) is 109 cm³/mol. The molecule has 0 saturated carbocycles. The van der Waals surface area contributed by atoms with Gasteiger partial charge < -0.3 is 10.2 Å². The first-order valence-electron chi connectivity index (χ1n) is 9.04. The van der Waals surface area contributed by atoms with Crippen molar-refractivity contribution in [3.05, 3.63) is 64.9 Å². The third-order valence-electron chi connectivity index (χ3n) is 4.44. The molecule has 0 radical (unpaired) electrons. The second-order valence-corrected chi connectivity index (χ2v) is 6.89. The molecule has 0 atom stereocenters. The van der Waals surface area contributed by atoms with E-state index in [9.17, 15) is 4.79 Å². The van der Waals surface area contributed by atoms with E-state index >= 15 is 0 Å². The van der Waals surface area contributed by atoms with Crippen LogP contribution < -0.4 is 10.2 Å². The number of nitrogens with zero attached hydrogens (tertiary/aromatic N) is 5. The van der Waals surface area contributed by atoms with Gasteiger partial charge in [0.2, 0.25) is 5.95 Å². The Morgan fingerprint density at radius 1 is 1.07 bits per heavy atom. The van der Waals surface area contributed by atoms with Crippen molar-refractivity contribution in [1.29, 1.82) is 0 Å². The first kappa shape index (κ1) is 19.4. The average Bonchev–Trinajstić information content (AvgIpc) is 2.69. The van der Waals surface area contributed by atoms with Crippen molar-refractivity contribution in [3.8, 4) is 11.3 Å². The van der Waals surface area contributed by atoms with E-state index in [2.05, 4.69) is 25.3 Å². The summed E-state index contributed by atoms with van der Waals surface area (Å²) in [6.45, 7) is 6.16. The van der Waals surface area contributed by atoms with Crippen molar-refractivity contribution in [2.24, 2.45) is 0 Å². The van der Waals surface area contributed by atoms with Crippen molar-refractivity contribution in [2.45, 2.75) is 27.3 Å². The molecule has 28 heavy (non-hydrogen) atoms. The van der Waals surface area contributed by atoms with E-state index in [1.807, 2.05) is 58.0 Å². The number of aryl methyl sites for hydroxylation is 2. The minimum Gasteiger partial charge on any atom is -0.347 e. The van der Waals surface area contributed by atoms with E-state index < -0.39 is 0 Å². The van der Waals surface area contributed by atoms with E-state index in [-0.39, 0.29) is 5.91 Å². The number of carbonyl (C=O) groups excluding carboxylic acids is 1. The van der Waals surface area contributed by atoms with Crippen molar-refractivity contribution < 1.29 is 4.79 Å². The third-order valence-corrected chi connectivity index (χ3v) is 4.44. The van der Waals surface area contributed by atoms with Gasteiger partial charge in [-0.2, -0.15) is 0 Å². The lowest BCUT2D eigenvalue weighted by molar-refractivity contribution is 0.0950. The van der Waals surface area contributed by atoms with Gasteiger partial charge in [0.1, 0.15) is 0 Å². The summed E-state index contributed by atoms with van der Waals surface area (Å²) in [5.74, 6) is 0.478. The Balaban J connectivity index is 1.84. The van der Waals surface area contributed by atoms with Gasteiger partial charge >= 0.3 is 0 Å². The minimum absolute atomic E-state index is 0.166. The Kier molecular flexibility index (Phi) is 5.63. The molecule has 3 aromatic rings. The smallest absolute Gasteiger partial charge is 0.251 e. The number of hydrogen-bond acceptors (Lipinski definition) is 6. The topological polar surface area (TPSA) is 83.9 Å². The molecule has 1 aromatic carbocycles. The maximum Gasteiger partial charge on any atom is 0.251 e. The molecule has 0 saturated heterocycles. The molecule has 1 N–H and O–H groups in total. The largest absolute Gasteiger partial charge is 0.347 e. The van der Waals surface area contributed by atoms with Gasteiger partial charge in [-0.25, -0.2) is 9.97 Å². The molecule has 2 heterocycles. The van der Waals surface area contributed by atoms with Crippen LogP contribution in [-0.2, 0) is 6.54 Å². The van der Waals surface area contributed by atoms with Crippen molar-refractivity contribution >= 4 is 11.9 Å². The zero-order valence-electron chi connectivity index (χ0n) is 16.8. The third kappa shape index (κ3) is 4.31. The molecule has 7 nitrogen and oxygen atoms in total. The molecule has 1 amide bonds. The Hall–Kier alpha value is -3.35. The fourth-order valence-electron chi connectivity index (χ4n) is 2.69. The van der Waals surface area contributed by atoms with Crippen LogP contribution in [0.1, 0.15) is 33.0 Å². The van der Waals surface area contributed by atoms with E-state index in [4.69, 9.17) is 0 Å². The number of nitrogens with one attached hydrogen (secondary N) is 1. The summed E-state index contributed by atoms with van der Waals surface area (Å²) in [5.41, 5.74) is 5.76. The summed E-state index contributed by atoms with van der Waals surface area (Å²) in [4.78, 5) is 32.1. The summed E-state index contributed by atoms with van der Waals surface area (Å²) < 4.78 is 0. The highest BCUT2D eigenvalue weighted by Crippen LogP contribution is 2.25. The number of amides is 1. The maximum atomic E-state index is 12.6. The van der Waals surface area contributed by atoms with Crippen LogP contribution in [0.4, 0.5) is 5.95 Å². The van der Waals surface area contributed by atoms with Crippen LogP contribution in [0.5, 0.6) is 0 Å². The van der Waals surface area contributed by atoms with E-state index in [0.29, 0.717) is 23.8 Å². The highest BCUT2D eigenvalue weighted by atomic mass is 16.1.